The zero-order valence-electron chi connectivity index (χ0n) is 11.8. The lowest BCUT2D eigenvalue weighted by atomic mass is 10.0. The van der Waals surface area contributed by atoms with Gasteiger partial charge in [-0.3, -0.25) is 0 Å². The van der Waals surface area contributed by atoms with Crippen LogP contribution in [0.4, 0.5) is 5.69 Å². The summed E-state index contributed by atoms with van der Waals surface area (Å²) in [5.74, 6) is 0. The van der Waals surface area contributed by atoms with E-state index < -0.39 is 10.0 Å². The zero-order valence-corrected chi connectivity index (χ0v) is 12.6. The SMILES string of the molecule is CCC(C)N(C)S(=O)(=O)c1ccc2c(c1)CCCN2. The van der Waals surface area contributed by atoms with Crippen LogP contribution in [0.25, 0.3) is 0 Å². The molecule has 0 saturated heterocycles. The number of hydrogen-bond acceptors (Lipinski definition) is 3. The second-order valence-electron chi connectivity index (χ2n) is 5.13. The number of nitrogens with zero attached hydrogens (tertiary/aromatic N) is 1. The van der Waals surface area contributed by atoms with Gasteiger partial charge in [-0.25, -0.2) is 8.42 Å². The molecule has 1 aliphatic rings. The molecule has 1 aromatic rings. The summed E-state index contributed by atoms with van der Waals surface area (Å²) in [5.41, 5.74) is 2.17. The van der Waals surface area contributed by atoms with Gasteiger partial charge in [-0.15, -0.1) is 0 Å². The number of fused-ring (bicyclic) bond motifs is 1. The van der Waals surface area contributed by atoms with Crippen molar-refractivity contribution >= 4 is 15.7 Å². The number of aryl methyl sites for hydroxylation is 1. The Balaban J connectivity index is 2.36. The lowest BCUT2D eigenvalue weighted by Gasteiger charge is -2.24. The van der Waals surface area contributed by atoms with Gasteiger partial charge in [-0.05, 0) is 49.9 Å². The van der Waals surface area contributed by atoms with Gasteiger partial charge in [0.05, 0.1) is 4.90 Å². The second kappa shape index (κ2) is 5.51. The van der Waals surface area contributed by atoms with Crippen LogP contribution in [0.3, 0.4) is 0 Å². The van der Waals surface area contributed by atoms with Crippen LogP contribution in [0.15, 0.2) is 23.1 Å². The maximum absolute atomic E-state index is 12.5. The molecule has 0 bridgehead atoms. The molecule has 0 saturated carbocycles. The summed E-state index contributed by atoms with van der Waals surface area (Å²) in [5, 5.41) is 3.30. The molecule has 1 aromatic carbocycles. The third-order valence-corrected chi connectivity index (χ3v) is 5.87. The van der Waals surface area contributed by atoms with Crippen molar-refractivity contribution in [3.8, 4) is 0 Å². The predicted octanol–water partition coefficient (Wildman–Crippen LogP) is 2.46. The van der Waals surface area contributed by atoms with E-state index in [0.29, 0.717) is 4.90 Å². The van der Waals surface area contributed by atoms with Crippen LogP contribution in [-0.4, -0.2) is 32.4 Å². The lowest BCUT2D eigenvalue weighted by molar-refractivity contribution is 0.380. The number of benzene rings is 1. The third kappa shape index (κ3) is 2.77. The molecule has 1 aliphatic heterocycles. The van der Waals surface area contributed by atoms with E-state index in [1.165, 1.54) is 4.31 Å². The molecule has 1 heterocycles. The van der Waals surface area contributed by atoms with Gasteiger partial charge >= 0.3 is 0 Å². The minimum atomic E-state index is -3.38. The summed E-state index contributed by atoms with van der Waals surface area (Å²) in [7, 11) is -1.72. The standard InChI is InChI=1S/C14H22N2O2S/c1-4-11(2)16(3)19(17,18)13-7-8-14-12(10-13)6-5-9-15-14/h7-8,10-11,15H,4-6,9H2,1-3H3. The molecule has 0 aliphatic carbocycles. The first-order chi connectivity index (χ1) is 8.96. The number of hydrogen-bond donors (Lipinski definition) is 1. The molecule has 1 atom stereocenters. The molecule has 19 heavy (non-hydrogen) atoms. The van der Waals surface area contributed by atoms with Crippen molar-refractivity contribution in [3.05, 3.63) is 23.8 Å². The quantitative estimate of drug-likeness (QED) is 0.923. The van der Waals surface area contributed by atoms with Gasteiger partial charge in [0.15, 0.2) is 0 Å². The second-order valence-corrected chi connectivity index (χ2v) is 7.13. The van der Waals surface area contributed by atoms with Crippen LogP contribution in [-0.2, 0) is 16.4 Å². The number of anilines is 1. The molecular formula is C14H22N2O2S. The van der Waals surface area contributed by atoms with Crippen molar-refractivity contribution in [1.29, 1.82) is 0 Å². The summed E-state index contributed by atoms with van der Waals surface area (Å²) in [6, 6.07) is 5.41. The molecular weight excluding hydrogens is 260 g/mol. The molecule has 0 spiro atoms. The van der Waals surface area contributed by atoms with Gasteiger partial charge in [-0.1, -0.05) is 6.92 Å². The maximum atomic E-state index is 12.5. The molecule has 0 amide bonds. The highest BCUT2D eigenvalue weighted by atomic mass is 32.2. The average molecular weight is 282 g/mol. The van der Waals surface area contributed by atoms with Crippen LogP contribution in [0.2, 0.25) is 0 Å². The summed E-state index contributed by atoms with van der Waals surface area (Å²) < 4.78 is 26.5. The predicted molar refractivity (Wildman–Crippen MR) is 78.0 cm³/mol. The minimum absolute atomic E-state index is 0.0131. The number of rotatable bonds is 4. The minimum Gasteiger partial charge on any atom is -0.385 e. The van der Waals surface area contributed by atoms with E-state index in [-0.39, 0.29) is 6.04 Å². The fourth-order valence-corrected chi connectivity index (χ4v) is 3.76. The number of sulfonamides is 1. The first kappa shape index (κ1) is 14.3. The molecule has 2 rings (SSSR count). The van der Waals surface area contributed by atoms with Gasteiger partial charge in [0.25, 0.3) is 0 Å². The van der Waals surface area contributed by atoms with E-state index in [9.17, 15) is 8.42 Å². The monoisotopic (exact) mass is 282 g/mol. The fraction of sp³-hybridized carbons (Fsp3) is 0.571. The summed E-state index contributed by atoms with van der Waals surface area (Å²) >= 11 is 0. The Labute approximate surface area is 115 Å². The molecule has 4 nitrogen and oxygen atoms in total. The molecule has 5 heteroatoms. The van der Waals surface area contributed by atoms with Gasteiger partial charge < -0.3 is 5.32 Å². The Bertz CT molecular complexity index is 555. The van der Waals surface area contributed by atoms with Gasteiger partial charge in [0.1, 0.15) is 0 Å². The van der Waals surface area contributed by atoms with E-state index in [1.54, 1.807) is 13.1 Å². The van der Waals surface area contributed by atoms with Crippen molar-refractivity contribution in [3.63, 3.8) is 0 Å². The van der Waals surface area contributed by atoms with Crippen molar-refractivity contribution in [2.75, 3.05) is 18.9 Å². The van der Waals surface area contributed by atoms with E-state index in [1.807, 2.05) is 26.0 Å². The van der Waals surface area contributed by atoms with Crippen LogP contribution < -0.4 is 5.32 Å². The van der Waals surface area contributed by atoms with Gasteiger partial charge in [0.2, 0.25) is 10.0 Å². The van der Waals surface area contributed by atoms with Gasteiger partial charge in [0, 0.05) is 25.3 Å². The van der Waals surface area contributed by atoms with E-state index in [4.69, 9.17) is 0 Å². The smallest absolute Gasteiger partial charge is 0.243 e. The Hall–Kier alpha value is -1.07. The molecule has 0 fully saturated rings. The van der Waals surface area contributed by atoms with Crippen molar-refractivity contribution in [2.24, 2.45) is 0 Å². The maximum Gasteiger partial charge on any atom is 0.243 e. The van der Waals surface area contributed by atoms with Crippen LogP contribution in [0, 0.1) is 0 Å². The Morgan fingerprint density at radius 3 is 2.84 bits per heavy atom. The first-order valence-electron chi connectivity index (χ1n) is 6.81. The van der Waals surface area contributed by atoms with Gasteiger partial charge in [-0.2, -0.15) is 4.31 Å². The van der Waals surface area contributed by atoms with E-state index in [0.717, 1.165) is 37.1 Å². The van der Waals surface area contributed by atoms with Crippen LogP contribution >= 0.6 is 0 Å². The first-order valence-corrected chi connectivity index (χ1v) is 8.25. The van der Waals surface area contributed by atoms with Crippen LogP contribution in [0.5, 0.6) is 0 Å². The highest BCUT2D eigenvalue weighted by molar-refractivity contribution is 7.89. The van der Waals surface area contributed by atoms with Crippen molar-refractivity contribution in [2.45, 2.75) is 44.0 Å². The van der Waals surface area contributed by atoms with E-state index >= 15 is 0 Å². The fourth-order valence-electron chi connectivity index (χ4n) is 2.27. The molecule has 1 unspecified atom stereocenters. The molecule has 0 aromatic heterocycles. The normalized spacial score (nSPS) is 16.8. The van der Waals surface area contributed by atoms with Crippen molar-refractivity contribution < 1.29 is 8.42 Å². The number of nitrogens with one attached hydrogen (secondary N) is 1. The molecule has 106 valence electrons. The van der Waals surface area contributed by atoms with E-state index in [2.05, 4.69) is 5.32 Å². The Morgan fingerprint density at radius 1 is 1.42 bits per heavy atom. The summed E-state index contributed by atoms with van der Waals surface area (Å²) in [6.45, 7) is 4.89. The Kier molecular flexibility index (Phi) is 4.16. The largest absolute Gasteiger partial charge is 0.385 e. The molecule has 0 radical (unpaired) electrons. The topological polar surface area (TPSA) is 49.4 Å². The summed E-state index contributed by atoms with van der Waals surface area (Å²) in [4.78, 5) is 0.401. The average Bonchev–Trinajstić information content (AvgIpc) is 2.45. The highest BCUT2D eigenvalue weighted by Crippen LogP contribution is 2.26. The van der Waals surface area contributed by atoms with Crippen molar-refractivity contribution in [1.82, 2.24) is 4.31 Å². The third-order valence-electron chi connectivity index (χ3n) is 3.90. The van der Waals surface area contributed by atoms with Crippen LogP contribution in [0.1, 0.15) is 32.3 Å². The zero-order chi connectivity index (χ0) is 14.0. The molecule has 1 N–H and O–H groups in total. The Morgan fingerprint density at radius 2 is 2.16 bits per heavy atom. The lowest BCUT2D eigenvalue weighted by Crippen LogP contribution is -2.34. The summed E-state index contributed by atoms with van der Waals surface area (Å²) in [6.07, 6.45) is 2.80. The highest BCUT2D eigenvalue weighted by Gasteiger charge is 2.25.